The lowest BCUT2D eigenvalue weighted by Gasteiger charge is -2.23. The van der Waals surface area contributed by atoms with Crippen LogP contribution in [0, 0.1) is 5.92 Å². The number of aromatic hydroxyl groups is 1. The van der Waals surface area contributed by atoms with Crippen LogP contribution in [0.2, 0.25) is 0 Å². The Morgan fingerprint density at radius 3 is 2.50 bits per heavy atom. The quantitative estimate of drug-likeness (QED) is 0.223. The monoisotopic (exact) mass is 488 g/mol. The molecule has 5 nitrogen and oxygen atoms in total. The molecule has 0 radical (unpaired) electrons. The fraction of sp³-hybridized carbons (Fsp3) is 0.419. The van der Waals surface area contributed by atoms with E-state index in [-0.39, 0.29) is 0 Å². The minimum absolute atomic E-state index is 0.290. The normalized spacial score (nSPS) is 13.0. The predicted molar refractivity (Wildman–Crippen MR) is 148 cm³/mol. The molecule has 3 aromatic rings. The number of methoxy groups -OCH3 is 1. The van der Waals surface area contributed by atoms with E-state index in [1.54, 1.807) is 13.2 Å². The zero-order chi connectivity index (χ0) is 25.5. The van der Waals surface area contributed by atoms with Gasteiger partial charge in [0.1, 0.15) is 23.9 Å². The van der Waals surface area contributed by atoms with Crippen LogP contribution in [-0.2, 0) is 19.3 Å². The number of hydrogen-bond acceptors (Lipinski definition) is 5. The number of aryl methyl sites for hydroxylation is 1. The summed E-state index contributed by atoms with van der Waals surface area (Å²) in [6, 6.07) is 16.0. The standard InChI is InChI=1S/C31H40N2O3/c1-21(2)16-17-33-18-19-36-24-11-8-22(9-12-24)20-27-29(35-3)15-13-26(31(27)32)30-25-7-5-4-6-23(25)10-14-28(30)34/h8-15,21,33-34H,4-7,16-20,32H2,1-3H3. The van der Waals surface area contributed by atoms with Gasteiger partial charge in [-0.05, 0) is 91.6 Å². The Bertz CT molecular complexity index is 1160. The third kappa shape index (κ3) is 6.14. The van der Waals surface area contributed by atoms with Crippen LogP contribution in [-0.4, -0.2) is 31.9 Å². The first-order valence-electron chi connectivity index (χ1n) is 13.2. The number of nitrogens with one attached hydrogen (secondary N) is 1. The number of hydrogen-bond donors (Lipinski definition) is 3. The van der Waals surface area contributed by atoms with Crippen molar-refractivity contribution in [2.75, 3.05) is 32.5 Å². The summed E-state index contributed by atoms with van der Waals surface area (Å²) >= 11 is 0. The molecule has 0 amide bonds. The van der Waals surface area contributed by atoms with Crippen LogP contribution in [0.3, 0.4) is 0 Å². The molecule has 0 spiro atoms. The van der Waals surface area contributed by atoms with E-state index in [0.717, 1.165) is 66.1 Å². The average Bonchev–Trinajstić information content (AvgIpc) is 2.88. The maximum absolute atomic E-state index is 10.8. The Labute approximate surface area is 215 Å². The molecule has 0 atom stereocenters. The molecule has 1 aliphatic rings. The van der Waals surface area contributed by atoms with Crippen LogP contribution in [0.1, 0.15) is 55.4 Å². The lowest BCUT2D eigenvalue weighted by Crippen LogP contribution is -2.23. The highest BCUT2D eigenvalue weighted by molar-refractivity contribution is 5.86. The SMILES string of the molecule is COc1ccc(-c2c(O)ccc3c2CCCC3)c(N)c1Cc1ccc(OCCNCCC(C)C)cc1. The zero-order valence-corrected chi connectivity index (χ0v) is 21.9. The van der Waals surface area contributed by atoms with Crippen LogP contribution >= 0.6 is 0 Å². The average molecular weight is 489 g/mol. The van der Waals surface area contributed by atoms with Crippen molar-refractivity contribution in [3.8, 4) is 28.4 Å². The van der Waals surface area contributed by atoms with Crippen molar-refractivity contribution in [2.45, 2.75) is 52.4 Å². The van der Waals surface area contributed by atoms with Crippen LogP contribution in [0.5, 0.6) is 17.2 Å². The van der Waals surface area contributed by atoms with Crippen LogP contribution in [0.15, 0.2) is 48.5 Å². The number of anilines is 1. The van der Waals surface area contributed by atoms with Gasteiger partial charge in [0.15, 0.2) is 0 Å². The molecule has 0 aromatic heterocycles. The van der Waals surface area contributed by atoms with E-state index in [9.17, 15) is 5.11 Å². The van der Waals surface area contributed by atoms with Gasteiger partial charge in [0.2, 0.25) is 0 Å². The van der Waals surface area contributed by atoms with E-state index in [0.29, 0.717) is 30.4 Å². The highest BCUT2D eigenvalue weighted by atomic mass is 16.5. The van der Waals surface area contributed by atoms with Gasteiger partial charge in [0.05, 0.1) is 7.11 Å². The first-order valence-corrected chi connectivity index (χ1v) is 13.2. The van der Waals surface area contributed by atoms with Gasteiger partial charge in [-0.25, -0.2) is 0 Å². The fourth-order valence-electron chi connectivity index (χ4n) is 5.02. The third-order valence-corrected chi connectivity index (χ3v) is 7.06. The second-order valence-corrected chi connectivity index (χ2v) is 10.1. The summed E-state index contributed by atoms with van der Waals surface area (Å²) in [5, 5.41) is 14.2. The molecular formula is C31H40N2O3. The number of rotatable bonds is 11. The second-order valence-electron chi connectivity index (χ2n) is 10.1. The summed E-state index contributed by atoms with van der Waals surface area (Å²) in [4.78, 5) is 0. The maximum Gasteiger partial charge on any atom is 0.124 e. The molecule has 36 heavy (non-hydrogen) atoms. The van der Waals surface area contributed by atoms with Crippen molar-refractivity contribution in [3.63, 3.8) is 0 Å². The van der Waals surface area contributed by atoms with Gasteiger partial charge in [-0.15, -0.1) is 0 Å². The van der Waals surface area contributed by atoms with Crippen LogP contribution < -0.4 is 20.5 Å². The van der Waals surface area contributed by atoms with Crippen molar-refractivity contribution in [3.05, 3.63) is 70.8 Å². The smallest absolute Gasteiger partial charge is 0.124 e. The van der Waals surface area contributed by atoms with E-state index in [1.165, 1.54) is 24.0 Å². The summed E-state index contributed by atoms with van der Waals surface area (Å²) in [5.74, 6) is 2.62. The molecule has 0 heterocycles. The van der Waals surface area contributed by atoms with E-state index in [2.05, 4.69) is 37.4 Å². The highest BCUT2D eigenvalue weighted by Gasteiger charge is 2.22. The van der Waals surface area contributed by atoms with Crippen molar-refractivity contribution in [1.29, 1.82) is 0 Å². The largest absolute Gasteiger partial charge is 0.507 e. The Morgan fingerprint density at radius 2 is 1.75 bits per heavy atom. The first-order chi connectivity index (χ1) is 17.5. The number of ether oxygens (including phenoxy) is 2. The van der Waals surface area contributed by atoms with E-state index in [4.69, 9.17) is 15.2 Å². The molecule has 0 aliphatic heterocycles. The van der Waals surface area contributed by atoms with E-state index < -0.39 is 0 Å². The lowest BCUT2D eigenvalue weighted by atomic mass is 9.84. The minimum Gasteiger partial charge on any atom is -0.507 e. The summed E-state index contributed by atoms with van der Waals surface area (Å²) in [5.41, 5.74) is 13.8. The molecule has 1 aliphatic carbocycles. The molecule has 3 aromatic carbocycles. The first kappa shape index (κ1) is 25.9. The maximum atomic E-state index is 10.8. The molecular weight excluding hydrogens is 448 g/mol. The van der Waals surface area contributed by atoms with E-state index >= 15 is 0 Å². The van der Waals surface area contributed by atoms with Crippen LogP contribution in [0.25, 0.3) is 11.1 Å². The number of nitrogens with two attached hydrogens (primary N) is 1. The fourth-order valence-corrected chi connectivity index (χ4v) is 5.02. The van der Waals surface area contributed by atoms with Gasteiger partial charge in [0.25, 0.3) is 0 Å². The molecule has 0 saturated carbocycles. The zero-order valence-electron chi connectivity index (χ0n) is 21.9. The van der Waals surface area contributed by atoms with Crippen molar-refractivity contribution in [2.24, 2.45) is 5.92 Å². The van der Waals surface area contributed by atoms with Gasteiger partial charge < -0.3 is 25.6 Å². The Kier molecular flexibility index (Phi) is 8.76. The second kappa shape index (κ2) is 12.2. The van der Waals surface area contributed by atoms with E-state index in [1.807, 2.05) is 24.3 Å². The Balaban J connectivity index is 1.50. The van der Waals surface area contributed by atoms with Crippen molar-refractivity contribution in [1.82, 2.24) is 5.32 Å². The van der Waals surface area contributed by atoms with Crippen molar-refractivity contribution >= 4 is 5.69 Å². The lowest BCUT2D eigenvalue weighted by molar-refractivity contribution is 0.312. The number of nitrogen functional groups attached to an aromatic ring is 1. The topological polar surface area (TPSA) is 76.7 Å². The molecule has 192 valence electrons. The third-order valence-electron chi connectivity index (χ3n) is 7.06. The Morgan fingerprint density at radius 1 is 0.972 bits per heavy atom. The van der Waals surface area contributed by atoms with Gasteiger partial charge in [0, 0.05) is 35.3 Å². The molecule has 4 N–H and O–H groups in total. The number of fused-ring (bicyclic) bond motifs is 1. The molecule has 0 unspecified atom stereocenters. The molecule has 0 saturated heterocycles. The Hall–Kier alpha value is -3.18. The number of phenolic OH excluding ortho intramolecular Hbond substituents is 1. The molecule has 0 fully saturated rings. The minimum atomic E-state index is 0.290. The summed E-state index contributed by atoms with van der Waals surface area (Å²) in [6.07, 6.45) is 6.15. The number of phenols is 1. The van der Waals surface area contributed by atoms with Gasteiger partial charge in [-0.3, -0.25) is 0 Å². The van der Waals surface area contributed by atoms with Gasteiger partial charge in [-0.2, -0.15) is 0 Å². The number of benzene rings is 3. The summed E-state index contributed by atoms with van der Waals surface area (Å²) in [6.45, 7) is 6.97. The summed E-state index contributed by atoms with van der Waals surface area (Å²) < 4.78 is 11.6. The molecule has 4 rings (SSSR count). The molecule has 5 heteroatoms. The highest BCUT2D eigenvalue weighted by Crippen LogP contribution is 2.43. The molecule has 0 bridgehead atoms. The van der Waals surface area contributed by atoms with Crippen molar-refractivity contribution < 1.29 is 14.6 Å². The summed E-state index contributed by atoms with van der Waals surface area (Å²) in [7, 11) is 1.67. The van der Waals surface area contributed by atoms with Gasteiger partial charge in [-0.1, -0.05) is 32.0 Å². The van der Waals surface area contributed by atoms with Crippen LogP contribution in [0.4, 0.5) is 5.69 Å². The van der Waals surface area contributed by atoms with Gasteiger partial charge >= 0.3 is 0 Å². The predicted octanol–water partition coefficient (Wildman–Crippen LogP) is 6.13.